The third-order valence-electron chi connectivity index (χ3n) is 5.52. The van der Waals surface area contributed by atoms with Gasteiger partial charge in [-0.05, 0) is 25.5 Å². The van der Waals surface area contributed by atoms with Crippen LogP contribution in [0, 0.1) is 17.7 Å². The summed E-state index contributed by atoms with van der Waals surface area (Å²) in [5.74, 6) is -4.59. The van der Waals surface area contributed by atoms with E-state index in [4.69, 9.17) is 4.74 Å². The molecule has 2 saturated heterocycles. The molecule has 3 fully saturated rings. The van der Waals surface area contributed by atoms with E-state index < -0.39 is 23.6 Å². The lowest BCUT2D eigenvalue weighted by atomic mass is 10.2. The molecular weight excluding hydrogens is 349 g/mol. The second-order valence-electron chi connectivity index (χ2n) is 7.12. The fourth-order valence-electron chi connectivity index (χ4n) is 3.92. The highest BCUT2D eigenvalue weighted by molar-refractivity contribution is 5.82. The van der Waals surface area contributed by atoms with Gasteiger partial charge in [-0.25, -0.2) is 13.2 Å². The molecule has 3 atom stereocenters. The Labute approximate surface area is 149 Å². The molecule has 1 saturated carbocycles. The molecule has 26 heavy (non-hydrogen) atoms. The molecule has 0 spiro atoms. The number of methoxy groups -OCH3 is 1. The minimum atomic E-state index is -2.63. The first-order valence-corrected chi connectivity index (χ1v) is 8.79. The first kappa shape index (κ1) is 17.4. The van der Waals surface area contributed by atoms with Gasteiger partial charge in [0.25, 0.3) is 5.92 Å². The highest BCUT2D eigenvalue weighted by Gasteiger charge is 2.72. The Kier molecular flexibility index (Phi) is 4.21. The van der Waals surface area contributed by atoms with Gasteiger partial charge < -0.3 is 20.3 Å². The van der Waals surface area contributed by atoms with Crippen molar-refractivity contribution in [2.24, 2.45) is 11.8 Å². The molecule has 0 aromatic carbocycles. The maximum absolute atomic E-state index is 14.5. The molecule has 0 bridgehead atoms. The molecule has 1 aliphatic carbocycles. The number of halogens is 3. The average Bonchev–Trinajstić information content (AvgIpc) is 3.12. The van der Waals surface area contributed by atoms with Crippen LogP contribution >= 0.6 is 0 Å². The van der Waals surface area contributed by atoms with Crippen LogP contribution in [0.15, 0.2) is 6.07 Å². The number of piperidine rings is 1. The highest BCUT2D eigenvalue weighted by Crippen LogP contribution is 2.59. The number of carbonyl (C=O) groups excluding carboxylic acids is 1. The van der Waals surface area contributed by atoms with Crippen molar-refractivity contribution in [3.05, 3.63) is 17.4 Å². The zero-order valence-corrected chi connectivity index (χ0v) is 14.4. The van der Waals surface area contributed by atoms with Crippen LogP contribution in [0.4, 0.5) is 19.0 Å². The molecule has 4 rings (SSSR count). The van der Waals surface area contributed by atoms with Crippen molar-refractivity contribution in [1.29, 1.82) is 0 Å². The van der Waals surface area contributed by atoms with Crippen LogP contribution in [0.1, 0.15) is 18.4 Å². The van der Waals surface area contributed by atoms with Gasteiger partial charge in [-0.15, -0.1) is 0 Å². The largest absolute Gasteiger partial charge is 0.481 e. The molecule has 3 heterocycles. The van der Waals surface area contributed by atoms with Crippen LogP contribution in [0.5, 0.6) is 5.88 Å². The zero-order chi connectivity index (χ0) is 18.5. The highest BCUT2D eigenvalue weighted by atomic mass is 19.3. The second kappa shape index (κ2) is 6.29. The summed E-state index contributed by atoms with van der Waals surface area (Å²) in [6.07, 6.45) is 1.72. The number of hydrogen-bond donors (Lipinski definition) is 2. The molecule has 1 amide bonds. The van der Waals surface area contributed by atoms with E-state index in [0.29, 0.717) is 5.56 Å². The van der Waals surface area contributed by atoms with Crippen molar-refractivity contribution in [1.82, 2.24) is 15.6 Å². The van der Waals surface area contributed by atoms with Crippen LogP contribution < -0.4 is 20.3 Å². The number of aromatic nitrogens is 1. The van der Waals surface area contributed by atoms with Gasteiger partial charge >= 0.3 is 0 Å². The van der Waals surface area contributed by atoms with Gasteiger partial charge in [0, 0.05) is 25.2 Å². The van der Waals surface area contributed by atoms with E-state index in [1.807, 2.05) is 0 Å². The van der Waals surface area contributed by atoms with Gasteiger partial charge in [-0.1, -0.05) is 0 Å². The number of hydrogen-bond acceptors (Lipinski definition) is 5. The van der Waals surface area contributed by atoms with E-state index in [2.05, 4.69) is 15.6 Å². The van der Waals surface area contributed by atoms with E-state index in [-0.39, 0.29) is 43.3 Å². The summed E-state index contributed by atoms with van der Waals surface area (Å²) in [6.45, 7) is 1.08. The van der Waals surface area contributed by atoms with Crippen LogP contribution in [-0.4, -0.2) is 49.6 Å². The summed E-state index contributed by atoms with van der Waals surface area (Å²) in [7, 11) is 1.41. The third kappa shape index (κ3) is 2.87. The van der Waals surface area contributed by atoms with Crippen LogP contribution in [0.25, 0.3) is 0 Å². The lowest BCUT2D eigenvalue weighted by molar-refractivity contribution is -0.122. The molecule has 2 aliphatic heterocycles. The van der Waals surface area contributed by atoms with E-state index in [9.17, 15) is 18.0 Å². The van der Waals surface area contributed by atoms with Crippen molar-refractivity contribution >= 4 is 11.7 Å². The van der Waals surface area contributed by atoms with Crippen LogP contribution in [0.3, 0.4) is 0 Å². The maximum Gasteiger partial charge on any atom is 0.258 e. The number of nitrogens with one attached hydrogen (secondary N) is 2. The van der Waals surface area contributed by atoms with Gasteiger partial charge in [0.2, 0.25) is 11.8 Å². The van der Waals surface area contributed by atoms with Crippen molar-refractivity contribution in [2.75, 3.05) is 31.6 Å². The summed E-state index contributed by atoms with van der Waals surface area (Å²) >= 11 is 0. The van der Waals surface area contributed by atoms with Crippen LogP contribution in [-0.2, 0) is 11.3 Å². The minimum absolute atomic E-state index is 0.0254. The molecule has 9 heteroatoms. The molecule has 6 nitrogen and oxygen atoms in total. The second-order valence-corrected chi connectivity index (χ2v) is 7.12. The summed E-state index contributed by atoms with van der Waals surface area (Å²) in [6, 6.07) is 1.03. The van der Waals surface area contributed by atoms with E-state index in [0.717, 1.165) is 19.4 Å². The summed E-state index contributed by atoms with van der Waals surface area (Å²) in [5.41, 5.74) is 0.412. The lowest BCUT2D eigenvalue weighted by Crippen LogP contribution is -2.40. The van der Waals surface area contributed by atoms with E-state index in [1.54, 1.807) is 0 Å². The molecule has 1 aromatic rings. The maximum atomic E-state index is 14.5. The number of anilines is 1. The number of rotatable bonds is 5. The molecule has 0 radical (unpaired) electrons. The summed E-state index contributed by atoms with van der Waals surface area (Å²) < 4.78 is 46.4. The Morgan fingerprint density at radius 2 is 2.19 bits per heavy atom. The fourth-order valence-corrected chi connectivity index (χ4v) is 3.92. The first-order valence-electron chi connectivity index (χ1n) is 8.79. The van der Waals surface area contributed by atoms with Crippen LogP contribution in [0.2, 0.25) is 0 Å². The van der Waals surface area contributed by atoms with Gasteiger partial charge in [-0.2, -0.15) is 4.98 Å². The quantitative estimate of drug-likeness (QED) is 0.818. The number of amides is 1. The topological polar surface area (TPSA) is 66.5 Å². The number of pyridine rings is 1. The van der Waals surface area contributed by atoms with Gasteiger partial charge in [0.15, 0.2) is 11.6 Å². The Morgan fingerprint density at radius 3 is 2.81 bits per heavy atom. The van der Waals surface area contributed by atoms with Gasteiger partial charge in [0.05, 0.1) is 25.0 Å². The molecule has 1 aromatic heterocycles. The molecule has 2 unspecified atom stereocenters. The number of nitrogens with zero attached hydrogens (tertiary/aromatic N) is 2. The predicted octanol–water partition coefficient (Wildman–Crippen LogP) is 1.30. The standard InChI is InChI=1S/C17H21F3N4O2/c1-26-16-9(6-22-15(25)13-3-2-4-21-13)5-12(18)14(23-16)24-7-10-11(8-24)17(10,19)20/h5,10-11,13,21H,2-4,6-8H2,1H3,(H,22,25)/t10?,11?,13-/m0/s1. The van der Waals surface area contributed by atoms with Gasteiger partial charge in [-0.3, -0.25) is 4.79 Å². The molecular formula is C17H21F3N4O2. The Morgan fingerprint density at radius 1 is 1.46 bits per heavy atom. The van der Waals surface area contributed by atoms with Crippen molar-refractivity contribution in [2.45, 2.75) is 31.4 Å². The Bertz CT molecular complexity index is 710. The van der Waals surface area contributed by atoms with Crippen molar-refractivity contribution < 1.29 is 22.7 Å². The summed E-state index contributed by atoms with van der Waals surface area (Å²) in [5, 5.41) is 5.85. The third-order valence-corrected chi connectivity index (χ3v) is 5.52. The smallest absolute Gasteiger partial charge is 0.258 e. The minimum Gasteiger partial charge on any atom is -0.481 e. The predicted molar refractivity (Wildman–Crippen MR) is 87.8 cm³/mol. The van der Waals surface area contributed by atoms with Gasteiger partial charge in [0.1, 0.15) is 0 Å². The zero-order valence-electron chi connectivity index (χ0n) is 14.4. The molecule has 2 N–H and O–H groups in total. The number of carbonyl (C=O) groups is 1. The normalized spacial score (nSPS) is 28.8. The van der Waals surface area contributed by atoms with E-state index >= 15 is 0 Å². The fraction of sp³-hybridized carbons (Fsp3) is 0.647. The van der Waals surface area contributed by atoms with Crippen molar-refractivity contribution in [3.8, 4) is 5.88 Å². The number of ether oxygens (including phenoxy) is 1. The van der Waals surface area contributed by atoms with E-state index in [1.165, 1.54) is 18.1 Å². The number of alkyl halides is 2. The molecule has 3 aliphatic rings. The first-order chi connectivity index (χ1) is 12.4. The summed E-state index contributed by atoms with van der Waals surface area (Å²) in [4.78, 5) is 17.8. The Hall–Kier alpha value is -2.03. The van der Waals surface area contributed by atoms with Crippen molar-refractivity contribution in [3.63, 3.8) is 0 Å². The lowest BCUT2D eigenvalue weighted by Gasteiger charge is -2.22. The monoisotopic (exact) mass is 370 g/mol. The average molecular weight is 370 g/mol. The SMILES string of the molecule is COc1nc(N2CC3C(C2)C3(F)F)c(F)cc1CNC(=O)[C@@H]1CCCN1. The Balaban J connectivity index is 1.45. The molecule has 142 valence electrons. The number of fused-ring (bicyclic) bond motifs is 1.